The fourth-order valence-electron chi connectivity index (χ4n) is 5.06. The average molecular weight is 399 g/mol. The van der Waals surface area contributed by atoms with Gasteiger partial charge in [-0.2, -0.15) is 0 Å². The molecule has 0 N–H and O–H groups in total. The van der Waals surface area contributed by atoms with Gasteiger partial charge in [0.2, 0.25) is 6.79 Å². The molecule has 8 nitrogen and oxygen atoms in total. The second kappa shape index (κ2) is 8.28. The molecule has 156 valence electrons. The Kier molecular flexibility index (Phi) is 5.37. The first kappa shape index (κ1) is 18.8. The summed E-state index contributed by atoms with van der Waals surface area (Å²) in [6.07, 6.45) is 6.56. The monoisotopic (exact) mass is 398 g/mol. The molecular formula is C21H30N6O2. The zero-order valence-corrected chi connectivity index (χ0v) is 17.2. The molecule has 1 aromatic heterocycles. The van der Waals surface area contributed by atoms with Gasteiger partial charge in [-0.25, -0.2) is 4.68 Å². The fraction of sp³-hybridized carbons (Fsp3) is 0.667. The highest BCUT2D eigenvalue weighted by Gasteiger charge is 2.31. The smallest absolute Gasteiger partial charge is 0.231 e. The third kappa shape index (κ3) is 3.83. The van der Waals surface area contributed by atoms with Gasteiger partial charge < -0.3 is 9.47 Å². The lowest BCUT2D eigenvalue weighted by atomic mass is 10.1. The summed E-state index contributed by atoms with van der Waals surface area (Å²) in [7, 11) is 0. The molecule has 1 aliphatic carbocycles. The maximum atomic E-state index is 5.51. The number of hydrogen-bond acceptors (Lipinski definition) is 7. The highest BCUT2D eigenvalue weighted by molar-refractivity contribution is 5.44. The second-order valence-corrected chi connectivity index (χ2v) is 8.32. The Morgan fingerprint density at radius 2 is 1.86 bits per heavy atom. The predicted octanol–water partition coefficient (Wildman–Crippen LogP) is 2.46. The van der Waals surface area contributed by atoms with E-state index in [2.05, 4.69) is 38.3 Å². The van der Waals surface area contributed by atoms with Crippen molar-refractivity contribution in [3.63, 3.8) is 0 Å². The van der Waals surface area contributed by atoms with Gasteiger partial charge in [0.25, 0.3) is 0 Å². The molecule has 8 heteroatoms. The second-order valence-electron chi connectivity index (χ2n) is 8.32. The van der Waals surface area contributed by atoms with E-state index in [0.717, 1.165) is 61.5 Å². The first-order valence-corrected chi connectivity index (χ1v) is 10.9. The van der Waals surface area contributed by atoms with E-state index in [1.54, 1.807) is 0 Å². The van der Waals surface area contributed by atoms with Gasteiger partial charge in [-0.1, -0.05) is 25.8 Å². The summed E-state index contributed by atoms with van der Waals surface area (Å²) in [5.41, 5.74) is 1.11. The Morgan fingerprint density at radius 1 is 1.07 bits per heavy atom. The van der Waals surface area contributed by atoms with Crippen LogP contribution in [-0.4, -0.2) is 69.0 Å². The molecule has 1 saturated carbocycles. The summed E-state index contributed by atoms with van der Waals surface area (Å²) < 4.78 is 12.9. The van der Waals surface area contributed by atoms with E-state index >= 15 is 0 Å². The molecule has 1 atom stereocenters. The van der Waals surface area contributed by atoms with E-state index in [-0.39, 0.29) is 6.04 Å². The molecule has 0 unspecified atom stereocenters. The first-order chi connectivity index (χ1) is 14.3. The summed E-state index contributed by atoms with van der Waals surface area (Å²) >= 11 is 0. The third-order valence-electron chi connectivity index (χ3n) is 6.64. The van der Waals surface area contributed by atoms with E-state index in [1.165, 1.54) is 25.7 Å². The van der Waals surface area contributed by atoms with Crippen LogP contribution < -0.4 is 9.47 Å². The third-order valence-corrected chi connectivity index (χ3v) is 6.64. The van der Waals surface area contributed by atoms with Crippen molar-refractivity contribution in [3.8, 4) is 11.5 Å². The van der Waals surface area contributed by atoms with Crippen LogP contribution in [0.2, 0.25) is 0 Å². The lowest BCUT2D eigenvalue weighted by Crippen LogP contribution is -2.50. The minimum Gasteiger partial charge on any atom is -0.454 e. The molecule has 0 bridgehead atoms. The predicted molar refractivity (Wildman–Crippen MR) is 108 cm³/mol. The Bertz CT molecular complexity index is 826. The molecule has 3 heterocycles. The zero-order valence-electron chi connectivity index (χ0n) is 17.2. The van der Waals surface area contributed by atoms with Gasteiger partial charge in [0.15, 0.2) is 17.3 Å². The van der Waals surface area contributed by atoms with E-state index in [4.69, 9.17) is 9.47 Å². The largest absolute Gasteiger partial charge is 0.454 e. The molecule has 2 aliphatic heterocycles. The van der Waals surface area contributed by atoms with Crippen LogP contribution in [0.4, 0.5) is 0 Å². The maximum absolute atomic E-state index is 5.51. The number of ether oxygens (including phenoxy) is 2. The van der Waals surface area contributed by atoms with Gasteiger partial charge in [-0.3, -0.25) is 9.80 Å². The minimum atomic E-state index is 0.254. The van der Waals surface area contributed by atoms with Crippen molar-refractivity contribution < 1.29 is 9.47 Å². The van der Waals surface area contributed by atoms with E-state index in [9.17, 15) is 0 Å². The normalized spacial score (nSPS) is 21.7. The van der Waals surface area contributed by atoms with Crippen LogP contribution in [0.3, 0.4) is 0 Å². The van der Waals surface area contributed by atoms with Crippen LogP contribution in [-0.2, 0) is 6.54 Å². The Labute approximate surface area is 171 Å². The number of hydrogen-bond donors (Lipinski definition) is 0. The van der Waals surface area contributed by atoms with Gasteiger partial charge in [-0.15, -0.1) is 5.10 Å². The van der Waals surface area contributed by atoms with Crippen molar-refractivity contribution in [3.05, 3.63) is 29.6 Å². The SMILES string of the molecule is CC[C@@H](c1nnnn1Cc1ccc2c(c1)OCO2)N1CCN(C2CCCC2)CC1. The molecule has 29 heavy (non-hydrogen) atoms. The maximum Gasteiger partial charge on any atom is 0.231 e. The van der Waals surface area contributed by atoms with Crippen molar-refractivity contribution in [2.75, 3.05) is 33.0 Å². The summed E-state index contributed by atoms with van der Waals surface area (Å²) in [4.78, 5) is 5.26. The van der Waals surface area contributed by atoms with Gasteiger partial charge in [0.1, 0.15) is 0 Å². The molecular weight excluding hydrogens is 368 g/mol. The number of aromatic nitrogens is 4. The lowest BCUT2D eigenvalue weighted by Gasteiger charge is -2.40. The first-order valence-electron chi connectivity index (χ1n) is 10.9. The Morgan fingerprint density at radius 3 is 2.66 bits per heavy atom. The topological polar surface area (TPSA) is 68.5 Å². The van der Waals surface area contributed by atoms with Gasteiger partial charge in [0, 0.05) is 32.2 Å². The molecule has 1 aromatic carbocycles. The van der Waals surface area contributed by atoms with Crippen molar-refractivity contribution in [2.45, 2.75) is 57.7 Å². The molecule has 0 spiro atoms. The standard InChI is InChI=1S/C21H30N6O2/c1-2-18(26-11-9-25(10-12-26)17-5-3-4-6-17)21-22-23-24-27(21)14-16-7-8-19-20(13-16)29-15-28-19/h7-8,13,17-18H,2-6,9-12,14-15H2,1H3/t18-/m0/s1. The zero-order chi connectivity index (χ0) is 19.6. The van der Waals surface area contributed by atoms with Crippen LogP contribution in [0.5, 0.6) is 11.5 Å². The van der Waals surface area contributed by atoms with E-state index in [0.29, 0.717) is 13.3 Å². The molecule has 1 saturated heterocycles. The van der Waals surface area contributed by atoms with E-state index in [1.807, 2.05) is 16.8 Å². The number of rotatable bonds is 6. The molecule has 0 amide bonds. The van der Waals surface area contributed by atoms with Crippen molar-refractivity contribution in [1.29, 1.82) is 0 Å². The highest BCUT2D eigenvalue weighted by Crippen LogP contribution is 2.33. The fourth-order valence-corrected chi connectivity index (χ4v) is 5.06. The quantitative estimate of drug-likeness (QED) is 0.740. The van der Waals surface area contributed by atoms with Crippen LogP contribution in [0, 0.1) is 0 Å². The van der Waals surface area contributed by atoms with Crippen LogP contribution in [0.1, 0.15) is 56.5 Å². The van der Waals surface area contributed by atoms with Crippen LogP contribution >= 0.6 is 0 Å². The van der Waals surface area contributed by atoms with Crippen LogP contribution in [0.25, 0.3) is 0 Å². The number of piperazine rings is 1. The molecule has 2 aromatic rings. The minimum absolute atomic E-state index is 0.254. The van der Waals surface area contributed by atoms with Crippen molar-refractivity contribution in [1.82, 2.24) is 30.0 Å². The van der Waals surface area contributed by atoms with Gasteiger partial charge in [-0.05, 0) is 47.4 Å². The number of nitrogens with zero attached hydrogens (tertiary/aromatic N) is 6. The van der Waals surface area contributed by atoms with Crippen molar-refractivity contribution in [2.24, 2.45) is 0 Å². The molecule has 3 aliphatic rings. The molecule has 5 rings (SSSR count). The Hall–Kier alpha value is -2.19. The summed E-state index contributed by atoms with van der Waals surface area (Å²) in [6, 6.07) is 7.11. The number of benzene rings is 1. The van der Waals surface area contributed by atoms with Gasteiger partial charge >= 0.3 is 0 Å². The lowest BCUT2D eigenvalue weighted by molar-refractivity contribution is 0.0646. The summed E-state index contributed by atoms with van der Waals surface area (Å²) in [6.45, 7) is 7.65. The Balaban J connectivity index is 1.27. The summed E-state index contributed by atoms with van der Waals surface area (Å²) in [5.74, 6) is 2.56. The average Bonchev–Trinajstić information content (AvgIpc) is 3.51. The summed E-state index contributed by atoms with van der Waals surface area (Å²) in [5, 5.41) is 12.7. The highest BCUT2D eigenvalue weighted by atomic mass is 16.7. The van der Waals surface area contributed by atoms with E-state index < -0.39 is 0 Å². The molecule has 2 fully saturated rings. The van der Waals surface area contributed by atoms with Gasteiger partial charge in [0.05, 0.1) is 12.6 Å². The van der Waals surface area contributed by atoms with Crippen molar-refractivity contribution >= 4 is 0 Å². The molecule has 0 radical (unpaired) electrons. The number of tetrazole rings is 1. The van der Waals surface area contributed by atoms with Crippen LogP contribution in [0.15, 0.2) is 18.2 Å². The number of fused-ring (bicyclic) bond motifs is 1.